The molecule has 80 valence electrons. The summed E-state index contributed by atoms with van der Waals surface area (Å²) in [6, 6.07) is 6.35. The summed E-state index contributed by atoms with van der Waals surface area (Å²) in [7, 11) is 0. The maximum Gasteiger partial charge on any atom is 0.0938 e. The lowest BCUT2D eigenvalue weighted by Gasteiger charge is -2.05. The maximum atomic E-state index is 6.46. The van der Waals surface area contributed by atoms with Crippen molar-refractivity contribution in [2.45, 2.75) is 19.2 Å². The highest BCUT2D eigenvalue weighted by Gasteiger charge is 2.17. The van der Waals surface area contributed by atoms with Crippen LogP contribution in [0, 0.1) is 13.8 Å². The first-order valence-electron chi connectivity index (χ1n) is 4.54. The highest BCUT2D eigenvalue weighted by Crippen LogP contribution is 2.39. The molecule has 2 rings (SSSR count). The van der Waals surface area contributed by atoms with E-state index in [1.165, 1.54) is 20.2 Å². The van der Waals surface area contributed by atoms with Crippen LogP contribution in [0.2, 0.25) is 0 Å². The highest BCUT2D eigenvalue weighted by molar-refractivity contribution is 9.11. The molecule has 0 aliphatic rings. The van der Waals surface area contributed by atoms with Crippen LogP contribution < -0.4 is 0 Å². The van der Waals surface area contributed by atoms with E-state index in [4.69, 9.17) is 11.6 Å². The molecule has 0 spiro atoms. The number of thiophene rings is 2. The minimum absolute atomic E-state index is 0.00810. The zero-order valence-corrected chi connectivity index (χ0v) is 12.4. The van der Waals surface area contributed by atoms with Crippen molar-refractivity contribution in [3.63, 3.8) is 0 Å². The van der Waals surface area contributed by atoms with Gasteiger partial charge in [-0.25, -0.2) is 0 Å². The van der Waals surface area contributed by atoms with Gasteiger partial charge >= 0.3 is 0 Å². The van der Waals surface area contributed by atoms with E-state index >= 15 is 0 Å². The molecule has 0 aromatic carbocycles. The second-order valence-electron chi connectivity index (χ2n) is 3.37. The third-order valence-corrected chi connectivity index (χ3v) is 5.44. The molecular weight excluding hydrogens is 312 g/mol. The van der Waals surface area contributed by atoms with Gasteiger partial charge in [-0.2, -0.15) is 0 Å². The van der Waals surface area contributed by atoms with Gasteiger partial charge in [0.05, 0.1) is 9.16 Å². The van der Waals surface area contributed by atoms with Gasteiger partial charge in [-0.05, 0) is 53.5 Å². The van der Waals surface area contributed by atoms with Gasteiger partial charge in [0, 0.05) is 14.6 Å². The Morgan fingerprint density at radius 3 is 2.47 bits per heavy atom. The standard InChI is InChI=1S/C11H10BrClS2/c1-6-3-4-9(14-6)11(13)8-5-10(12)15-7(8)2/h3-5,11H,1-2H3. The molecule has 0 saturated heterocycles. The Kier molecular flexibility index (Phi) is 3.56. The summed E-state index contributed by atoms with van der Waals surface area (Å²) in [5, 5.41) is -0.00810. The van der Waals surface area contributed by atoms with Crippen LogP contribution in [0.15, 0.2) is 22.0 Å². The van der Waals surface area contributed by atoms with Gasteiger partial charge in [0.25, 0.3) is 0 Å². The molecule has 15 heavy (non-hydrogen) atoms. The van der Waals surface area contributed by atoms with E-state index in [1.807, 2.05) is 0 Å². The first kappa shape index (κ1) is 11.6. The predicted octanol–water partition coefficient (Wildman–Crippen LogP) is 5.52. The maximum absolute atomic E-state index is 6.46. The van der Waals surface area contributed by atoms with Crippen molar-refractivity contribution in [3.05, 3.63) is 42.2 Å². The van der Waals surface area contributed by atoms with Crippen LogP contribution in [0.1, 0.15) is 25.6 Å². The largest absolute Gasteiger partial charge is 0.144 e. The normalized spacial score (nSPS) is 13.1. The summed E-state index contributed by atoms with van der Waals surface area (Å²) < 4.78 is 1.15. The summed E-state index contributed by atoms with van der Waals surface area (Å²) in [6.07, 6.45) is 0. The molecule has 2 heterocycles. The number of halogens is 2. The number of hydrogen-bond donors (Lipinski definition) is 0. The molecule has 0 N–H and O–H groups in total. The summed E-state index contributed by atoms with van der Waals surface area (Å²) in [4.78, 5) is 3.82. The molecule has 0 aliphatic carbocycles. The van der Waals surface area contributed by atoms with Crippen molar-refractivity contribution in [2.24, 2.45) is 0 Å². The summed E-state index contributed by atoms with van der Waals surface area (Å²) in [6.45, 7) is 4.22. The molecular formula is C11H10BrClS2. The lowest BCUT2D eigenvalue weighted by atomic mass is 10.1. The van der Waals surface area contributed by atoms with Crippen molar-refractivity contribution >= 4 is 50.2 Å². The molecule has 0 bridgehead atoms. The van der Waals surface area contributed by atoms with Crippen LogP contribution in [0.25, 0.3) is 0 Å². The summed E-state index contributed by atoms with van der Waals surface area (Å²) >= 11 is 13.5. The third kappa shape index (κ3) is 2.47. The van der Waals surface area contributed by atoms with Crippen molar-refractivity contribution in [3.8, 4) is 0 Å². The van der Waals surface area contributed by atoms with Crippen LogP contribution in [0.3, 0.4) is 0 Å². The number of rotatable bonds is 2. The fourth-order valence-corrected chi connectivity index (χ4v) is 4.57. The summed E-state index contributed by atoms with van der Waals surface area (Å²) in [5.41, 5.74) is 1.22. The average molecular weight is 322 g/mol. The Hall–Kier alpha value is 0.170. The molecule has 0 radical (unpaired) electrons. The Balaban J connectivity index is 2.35. The minimum atomic E-state index is -0.00810. The van der Waals surface area contributed by atoms with Gasteiger partial charge in [-0.1, -0.05) is 0 Å². The fraction of sp³-hybridized carbons (Fsp3) is 0.273. The van der Waals surface area contributed by atoms with E-state index in [0.717, 1.165) is 3.79 Å². The number of aryl methyl sites for hydroxylation is 2. The Bertz CT molecular complexity index is 473. The fourth-order valence-electron chi connectivity index (χ4n) is 1.45. The number of alkyl halides is 1. The third-order valence-electron chi connectivity index (χ3n) is 2.21. The molecule has 0 saturated carbocycles. The lowest BCUT2D eigenvalue weighted by Crippen LogP contribution is -1.88. The molecule has 2 aromatic heterocycles. The Morgan fingerprint density at radius 2 is 2.00 bits per heavy atom. The van der Waals surface area contributed by atoms with Crippen LogP contribution in [-0.2, 0) is 0 Å². The number of hydrogen-bond acceptors (Lipinski definition) is 2. The molecule has 0 amide bonds. The van der Waals surface area contributed by atoms with Crippen molar-refractivity contribution < 1.29 is 0 Å². The first-order chi connectivity index (χ1) is 7.08. The zero-order chi connectivity index (χ0) is 11.0. The van der Waals surface area contributed by atoms with Crippen LogP contribution in [-0.4, -0.2) is 0 Å². The molecule has 1 unspecified atom stereocenters. The molecule has 0 aliphatic heterocycles. The van der Waals surface area contributed by atoms with Crippen molar-refractivity contribution in [1.29, 1.82) is 0 Å². The quantitative estimate of drug-likeness (QED) is 0.639. The van der Waals surface area contributed by atoms with Gasteiger partial charge in [-0.3, -0.25) is 0 Å². The molecule has 0 nitrogen and oxygen atoms in total. The molecule has 4 heteroatoms. The molecule has 2 aromatic rings. The first-order valence-corrected chi connectivity index (χ1v) is 7.40. The van der Waals surface area contributed by atoms with Gasteiger partial charge in [0.1, 0.15) is 0 Å². The van der Waals surface area contributed by atoms with E-state index in [2.05, 4.69) is 48.0 Å². The summed E-state index contributed by atoms with van der Waals surface area (Å²) in [5.74, 6) is 0. The van der Waals surface area contributed by atoms with E-state index < -0.39 is 0 Å². The van der Waals surface area contributed by atoms with E-state index in [-0.39, 0.29) is 5.38 Å². The second kappa shape index (κ2) is 4.58. The van der Waals surface area contributed by atoms with E-state index in [9.17, 15) is 0 Å². The van der Waals surface area contributed by atoms with E-state index in [0.29, 0.717) is 0 Å². The second-order valence-corrected chi connectivity index (χ2v) is 7.76. The van der Waals surface area contributed by atoms with Crippen LogP contribution in [0.4, 0.5) is 0 Å². The topological polar surface area (TPSA) is 0 Å². The van der Waals surface area contributed by atoms with Crippen molar-refractivity contribution in [1.82, 2.24) is 0 Å². The predicted molar refractivity (Wildman–Crippen MR) is 73.5 cm³/mol. The average Bonchev–Trinajstić information content (AvgIpc) is 2.71. The van der Waals surface area contributed by atoms with Gasteiger partial charge < -0.3 is 0 Å². The Morgan fingerprint density at radius 1 is 1.27 bits per heavy atom. The van der Waals surface area contributed by atoms with Gasteiger partial charge in [0.15, 0.2) is 0 Å². The van der Waals surface area contributed by atoms with Gasteiger partial charge in [0.2, 0.25) is 0 Å². The molecule has 1 atom stereocenters. The van der Waals surface area contributed by atoms with Crippen LogP contribution in [0.5, 0.6) is 0 Å². The van der Waals surface area contributed by atoms with Crippen LogP contribution >= 0.6 is 50.2 Å². The van der Waals surface area contributed by atoms with E-state index in [1.54, 1.807) is 22.7 Å². The highest BCUT2D eigenvalue weighted by atomic mass is 79.9. The zero-order valence-electron chi connectivity index (χ0n) is 8.38. The SMILES string of the molecule is Cc1ccc(C(Cl)c2cc(Br)sc2C)s1. The smallest absolute Gasteiger partial charge is 0.0938 e. The Labute approximate surface area is 111 Å². The lowest BCUT2D eigenvalue weighted by molar-refractivity contribution is 1.18. The monoisotopic (exact) mass is 320 g/mol. The van der Waals surface area contributed by atoms with Gasteiger partial charge in [-0.15, -0.1) is 34.3 Å². The van der Waals surface area contributed by atoms with Crippen molar-refractivity contribution in [2.75, 3.05) is 0 Å². The molecule has 0 fully saturated rings. The minimum Gasteiger partial charge on any atom is -0.144 e.